The number of alkyl carbamates (subject to hydrolysis) is 1. The molecule has 8 heteroatoms. The number of aryl methyl sites for hydroxylation is 1. The average Bonchev–Trinajstić information content (AvgIpc) is 3.60. The van der Waals surface area contributed by atoms with Gasteiger partial charge in [0.15, 0.2) is 11.5 Å². The van der Waals surface area contributed by atoms with E-state index in [4.69, 9.17) is 24.2 Å². The fourth-order valence-electron chi connectivity index (χ4n) is 5.15. The van der Waals surface area contributed by atoms with Crippen molar-refractivity contribution in [2.24, 2.45) is 0 Å². The summed E-state index contributed by atoms with van der Waals surface area (Å²) in [5, 5.41) is 3.03. The number of rotatable bonds is 6. The Morgan fingerprint density at radius 3 is 2.61 bits per heavy atom. The van der Waals surface area contributed by atoms with Gasteiger partial charge in [-0.25, -0.2) is 9.78 Å². The first-order valence-corrected chi connectivity index (χ1v) is 13.0. The van der Waals surface area contributed by atoms with Crippen molar-refractivity contribution in [3.63, 3.8) is 0 Å². The van der Waals surface area contributed by atoms with Crippen LogP contribution in [0.4, 0.5) is 4.79 Å². The number of hydrogen-bond donors (Lipinski definition) is 2. The molecule has 1 saturated carbocycles. The van der Waals surface area contributed by atoms with Gasteiger partial charge in [0, 0.05) is 23.2 Å². The molecule has 194 valence electrons. The van der Waals surface area contributed by atoms with Crippen molar-refractivity contribution in [2.75, 3.05) is 6.79 Å². The maximum atomic E-state index is 12.3. The van der Waals surface area contributed by atoms with Gasteiger partial charge in [-0.3, -0.25) is 4.98 Å². The third kappa shape index (κ3) is 5.20. The van der Waals surface area contributed by atoms with Gasteiger partial charge in [-0.05, 0) is 68.5 Å². The van der Waals surface area contributed by atoms with Gasteiger partial charge in [0.2, 0.25) is 6.79 Å². The van der Waals surface area contributed by atoms with Gasteiger partial charge in [-0.2, -0.15) is 0 Å². The normalized spacial score (nSPS) is 18.2. The predicted octanol–water partition coefficient (Wildman–Crippen LogP) is 6.13. The monoisotopic (exact) mass is 510 g/mol. The number of carbonyl (C=O) groups excluding carboxylic acids is 1. The Morgan fingerprint density at radius 2 is 1.79 bits per heavy atom. The van der Waals surface area contributed by atoms with Crippen LogP contribution < -0.4 is 14.8 Å². The average molecular weight is 511 g/mol. The molecular weight excluding hydrogens is 480 g/mol. The highest BCUT2D eigenvalue weighted by Gasteiger charge is 2.28. The number of ether oxygens (including phenoxy) is 3. The Labute approximate surface area is 221 Å². The Kier molecular flexibility index (Phi) is 6.69. The molecule has 8 nitrogen and oxygen atoms in total. The molecule has 0 saturated heterocycles. The highest BCUT2D eigenvalue weighted by atomic mass is 16.7. The van der Waals surface area contributed by atoms with Gasteiger partial charge >= 0.3 is 6.09 Å². The van der Waals surface area contributed by atoms with Crippen molar-refractivity contribution in [3.8, 4) is 34.1 Å². The van der Waals surface area contributed by atoms with E-state index in [1.54, 1.807) is 0 Å². The van der Waals surface area contributed by atoms with Crippen LogP contribution >= 0.6 is 0 Å². The summed E-state index contributed by atoms with van der Waals surface area (Å²) in [4.78, 5) is 25.8. The predicted molar refractivity (Wildman–Crippen MR) is 143 cm³/mol. The molecule has 3 heterocycles. The van der Waals surface area contributed by atoms with Gasteiger partial charge in [0.05, 0.1) is 17.1 Å². The minimum atomic E-state index is -0.367. The topological polar surface area (TPSA) is 98.4 Å². The molecule has 0 bridgehead atoms. The first kappa shape index (κ1) is 24.0. The number of fused-ring (bicyclic) bond motifs is 1. The zero-order chi connectivity index (χ0) is 25.9. The Bertz CT molecular complexity index is 1430. The molecule has 0 unspecified atom stereocenters. The first-order valence-electron chi connectivity index (χ1n) is 13.0. The lowest BCUT2D eigenvalue weighted by atomic mass is 9.85. The standard InChI is InChI=1S/C30H30N4O4/c1-19-6-5-9-24(31-19)28-27(22-12-15-25-26(16-22)38-18-37-25)33-29(34-28)21-10-13-23(14-11-21)32-30(35)36-17-20-7-3-2-4-8-20/h2-9,12,15-16,21,23H,10-11,13-14,17-18H2,1H3,(H,32,35)(H,33,34). The molecule has 4 aromatic rings. The molecule has 38 heavy (non-hydrogen) atoms. The van der Waals surface area contributed by atoms with Crippen LogP contribution in [-0.2, 0) is 11.3 Å². The molecule has 0 spiro atoms. The second kappa shape index (κ2) is 10.6. The number of aromatic amines is 1. The zero-order valence-corrected chi connectivity index (χ0v) is 21.3. The lowest BCUT2D eigenvalue weighted by molar-refractivity contribution is 0.132. The molecule has 0 radical (unpaired) electrons. The molecule has 2 N–H and O–H groups in total. The fraction of sp³-hybridized carbons (Fsp3) is 0.300. The van der Waals surface area contributed by atoms with Gasteiger partial charge in [-0.1, -0.05) is 36.4 Å². The van der Waals surface area contributed by atoms with Crippen LogP contribution in [0, 0.1) is 6.92 Å². The highest BCUT2D eigenvalue weighted by Crippen LogP contribution is 2.40. The van der Waals surface area contributed by atoms with Crippen molar-refractivity contribution < 1.29 is 19.0 Å². The van der Waals surface area contributed by atoms with Crippen molar-refractivity contribution in [1.29, 1.82) is 0 Å². The number of carbonyl (C=O) groups is 1. The number of H-pyrrole nitrogens is 1. The van der Waals surface area contributed by atoms with E-state index in [9.17, 15) is 4.79 Å². The molecule has 6 rings (SSSR count). The Morgan fingerprint density at radius 1 is 0.974 bits per heavy atom. The van der Waals surface area contributed by atoms with Crippen LogP contribution in [0.1, 0.15) is 48.7 Å². The van der Waals surface area contributed by atoms with E-state index < -0.39 is 0 Å². The van der Waals surface area contributed by atoms with Crippen LogP contribution in [0.25, 0.3) is 22.6 Å². The van der Waals surface area contributed by atoms with Gasteiger partial charge in [-0.15, -0.1) is 0 Å². The molecule has 1 aliphatic heterocycles. The van der Waals surface area contributed by atoms with E-state index in [0.717, 1.165) is 76.9 Å². The number of benzene rings is 2. The summed E-state index contributed by atoms with van der Waals surface area (Å²) >= 11 is 0. The van der Waals surface area contributed by atoms with E-state index in [1.165, 1.54) is 0 Å². The summed E-state index contributed by atoms with van der Waals surface area (Å²) in [6.07, 6.45) is 3.19. The van der Waals surface area contributed by atoms with Crippen LogP contribution in [-0.4, -0.2) is 33.9 Å². The molecule has 2 aromatic heterocycles. The maximum absolute atomic E-state index is 12.3. The number of aromatic nitrogens is 3. The smallest absolute Gasteiger partial charge is 0.407 e. The molecule has 1 aliphatic carbocycles. The molecule has 2 aliphatic rings. The zero-order valence-electron chi connectivity index (χ0n) is 21.3. The fourth-order valence-corrected chi connectivity index (χ4v) is 5.15. The van der Waals surface area contributed by atoms with E-state index in [2.05, 4.69) is 10.3 Å². The minimum absolute atomic E-state index is 0.0933. The first-order chi connectivity index (χ1) is 18.6. The van der Waals surface area contributed by atoms with Gasteiger partial charge in [0.25, 0.3) is 0 Å². The van der Waals surface area contributed by atoms with E-state index >= 15 is 0 Å². The molecule has 1 fully saturated rings. The summed E-state index contributed by atoms with van der Waals surface area (Å²) in [6, 6.07) is 21.7. The van der Waals surface area contributed by atoms with Crippen LogP contribution in [0.5, 0.6) is 11.5 Å². The summed E-state index contributed by atoms with van der Waals surface area (Å²) in [5.41, 5.74) is 5.47. The second-order valence-electron chi connectivity index (χ2n) is 9.83. The molecule has 1 amide bonds. The van der Waals surface area contributed by atoms with Crippen LogP contribution in [0.2, 0.25) is 0 Å². The molecule has 2 aromatic carbocycles. The van der Waals surface area contributed by atoms with E-state index in [-0.39, 0.29) is 31.5 Å². The van der Waals surface area contributed by atoms with Gasteiger partial charge < -0.3 is 24.5 Å². The third-order valence-corrected chi connectivity index (χ3v) is 7.16. The summed E-state index contributed by atoms with van der Waals surface area (Å²) in [6.45, 7) is 2.49. The van der Waals surface area contributed by atoms with E-state index in [1.807, 2.05) is 73.7 Å². The molecular formula is C30H30N4O4. The number of pyridine rings is 1. The molecule has 0 atom stereocenters. The number of nitrogens with zero attached hydrogens (tertiary/aromatic N) is 2. The SMILES string of the molecule is Cc1cccc(-c2[nH]c(C3CCC(NC(=O)OCc4ccccc4)CC3)nc2-c2ccc3c(c2)OCO3)n1. The third-order valence-electron chi connectivity index (χ3n) is 7.16. The van der Waals surface area contributed by atoms with Crippen molar-refractivity contribution in [1.82, 2.24) is 20.3 Å². The lowest BCUT2D eigenvalue weighted by Gasteiger charge is -2.27. The van der Waals surface area contributed by atoms with Crippen molar-refractivity contribution in [3.05, 3.63) is 83.8 Å². The van der Waals surface area contributed by atoms with Crippen molar-refractivity contribution >= 4 is 6.09 Å². The largest absolute Gasteiger partial charge is 0.454 e. The maximum Gasteiger partial charge on any atom is 0.407 e. The van der Waals surface area contributed by atoms with Gasteiger partial charge in [0.1, 0.15) is 12.4 Å². The van der Waals surface area contributed by atoms with Crippen LogP contribution in [0.15, 0.2) is 66.7 Å². The quantitative estimate of drug-likeness (QED) is 0.324. The van der Waals surface area contributed by atoms with Crippen LogP contribution in [0.3, 0.4) is 0 Å². The highest BCUT2D eigenvalue weighted by molar-refractivity contribution is 5.78. The minimum Gasteiger partial charge on any atom is -0.454 e. The lowest BCUT2D eigenvalue weighted by Crippen LogP contribution is -2.37. The Hall–Kier alpha value is -4.33. The summed E-state index contributed by atoms with van der Waals surface area (Å²) in [5.74, 6) is 2.68. The van der Waals surface area contributed by atoms with Crippen molar-refractivity contribution in [2.45, 2.75) is 51.2 Å². The number of amides is 1. The number of hydrogen-bond acceptors (Lipinski definition) is 6. The van der Waals surface area contributed by atoms with E-state index in [0.29, 0.717) is 0 Å². The second-order valence-corrected chi connectivity index (χ2v) is 9.83. The summed E-state index contributed by atoms with van der Waals surface area (Å²) in [7, 11) is 0. The summed E-state index contributed by atoms with van der Waals surface area (Å²) < 4.78 is 16.5. The number of nitrogens with one attached hydrogen (secondary N) is 2. The Balaban J connectivity index is 1.16. The number of imidazole rings is 1.